The third-order valence-corrected chi connectivity index (χ3v) is 7.36. The summed E-state index contributed by atoms with van der Waals surface area (Å²) in [5, 5.41) is 7.41. The van der Waals surface area contributed by atoms with Crippen LogP contribution in [0, 0.1) is 11.3 Å². The highest BCUT2D eigenvalue weighted by molar-refractivity contribution is 14.0. The second kappa shape index (κ2) is 8.71. The lowest BCUT2D eigenvalue weighted by molar-refractivity contribution is -0.125. The molecule has 3 unspecified atom stereocenters. The van der Waals surface area contributed by atoms with E-state index in [1.807, 2.05) is 7.05 Å². The van der Waals surface area contributed by atoms with E-state index in [1.54, 1.807) is 0 Å². The second-order valence-corrected chi connectivity index (χ2v) is 9.14. The van der Waals surface area contributed by atoms with Gasteiger partial charge in [0, 0.05) is 56.2 Å². The molecule has 156 valence electrons. The number of fused-ring (bicyclic) bond motifs is 2. The van der Waals surface area contributed by atoms with E-state index in [-0.39, 0.29) is 29.5 Å². The lowest BCUT2D eigenvalue weighted by atomic mass is 9.54. The summed E-state index contributed by atoms with van der Waals surface area (Å²) in [6.45, 7) is 10.1. The zero-order chi connectivity index (χ0) is 18.2. The van der Waals surface area contributed by atoms with E-state index in [9.17, 15) is 0 Å². The van der Waals surface area contributed by atoms with Crippen molar-refractivity contribution in [1.82, 2.24) is 15.5 Å². The van der Waals surface area contributed by atoms with Gasteiger partial charge in [-0.25, -0.2) is 0 Å². The van der Waals surface area contributed by atoms with Gasteiger partial charge in [-0.2, -0.15) is 0 Å². The smallest absolute Gasteiger partial charge is 0.191 e. The van der Waals surface area contributed by atoms with Crippen LogP contribution in [0.4, 0.5) is 0 Å². The molecule has 2 N–H and O–H groups in total. The number of hydrogen-bond acceptors (Lipinski definition) is 4. The molecule has 27 heavy (non-hydrogen) atoms. The quantitative estimate of drug-likeness (QED) is 0.358. The first-order chi connectivity index (χ1) is 12.6. The highest BCUT2D eigenvalue weighted by Crippen LogP contribution is 2.60. The van der Waals surface area contributed by atoms with Crippen molar-refractivity contribution < 1.29 is 9.47 Å². The first-order valence-electron chi connectivity index (χ1n) is 10.5. The molecule has 0 amide bonds. The van der Waals surface area contributed by atoms with E-state index >= 15 is 0 Å². The first-order valence-corrected chi connectivity index (χ1v) is 10.5. The van der Waals surface area contributed by atoms with E-state index < -0.39 is 0 Å². The Balaban J connectivity index is 0.00000210. The highest BCUT2D eigenvalue weighted by Gasteiger charge is 2.65. The standard InChI is InChI=1S/C20H36N4O2.HI/c1-19(2,24-9-12-25-13-10-24)14-22-18(21-3)23-16-15-6-11-26-17(15)20(16)7-4-5-8-20;/h15-17H,4-14H2,1-3H3,(H2,21,22,23);1H. The van der Waals surface area contributed by atoms with E-state index in [0.29, 0.717) is 23.5 Å². The minimum absolute atomic E-state index is 0. The van der Waals surface area contributed by atoms with Gasteiger partial charge in [-0.3, -0.25) is 9.89 Å². The summed E-state index contributed by atoms with van der Waals surface area (Å²) < 4.78 is 11.6. The van der Waals surface area contributed by atoms with Crippen LogP contribution in [0.15, 0.2) is 4.99 Å². The summed E-state index contributed by atoms with van der Waals surface area (Å²) in [5.41, 5.74) is 0.448. The van der Waals surface area contributed by atoms with Gasteiger partial charge in [0.2, 0.25) is 0 Å². The van der Waals surface area contributed by atoms with Gasteiger partial charge in [0.25, 0.3) is 0 Å². The fourth-order valence-corrected chi connectivity index (χ4v) is 5.83. The number of nitrogens with zero attached hydrogens (tertiary/aromatic N) is 2. The molecular formula is C20H37IN4O2. The molecule has 0 radical (unpaired) electrons. The molecule has 6 nitrogen and oxygen atoms in total. The molecule has 0 aromatic heterocycles. The molecule has 3 atom stereocenters. The molecule has 4 rings (SSSR count). The zero-order valence-corrected chi connectivity index (χ0v) is 19.5. The van der Waals surface area contributed by atoms with Crippen molar-refractivity contribution >= 4 is 29.9 Å². The number of nitrogens with one attached hydrogen (secondary N) is 2. The van der Waals surface area contributed by atoms with Crippen LogP contribution >= 0.6 is 24.0 Å². The van der Waals surface area contributed by atoms with Crippen LogP contribution in [0.5, 0.6) is 0 Å². The SMILES string of the molecule is CN=C(NCC(C)(C)N1CCOCC1)NC1C2CCOC2C12CCCC2.I. The number of halogens is 1. The molecule has 0 aromatic rings. The van der Waals surface area contributed by atoms with E-state index in [4.69, 9.17) is 9.47 Å². The van der Waals surface area contributed by atoms with Crippen LogP contribution in [0.1, 0.15) is 46.0 Å². The molecule has 4 aliphatic rings. The van der Waals surface area contributed by atoms with Gasteiger partial charge in [0.1, 0.15) is 0 Å². The summed E-state index contributed by atoms with van der Waals surface area (Å²) in [5.74, 6) is 1.62. The summed E-state index contributed by atoms with van der Waals surface area (Å²) in [4.78, 5) is 7.05. The Morgan fingerprint density at radius 1 is 1.19 bits per heavy atom. The number of hydrogen-bond donors (Lipinski definition) is 2. The molecule has 2 saturated heterocycles. The Labute approximate surface area is 181 Å². The Hall–Kier alpha value is -0.120. The van der Waals surface area contributed by atoms with Gasteiger partial charge in [0.05, 0.1) is 19.3 Å². The predicted octanol–water partition coefficient (Wildman–Crippen LogP) is 2.23. The molecule has 2 heterocycles. The van der Waals surface area contributed by atoms with Gasteiger partial charge in [-0.05, 0) is 33.1 Å². The van der Waals surface area contributed by atoms with Crippen molar-refractivity contribution in [2.45, 2.75) is 63.6 Å². The number of guanidine groups is 1. The van der Waals surface area contributed by atoms with Gasteiger partial charge in [-0.1, -0.05) is 12.8 Å². The average molecular weight is 492 g/mol. The third kappa shape index (κ3) is 3.98. The molecule has 4 fully saturated rings. The number of aliphatic imine (C=N–C) groups is 1. The van der Waals surface area contributed by atoms with Gasteiger partial charge in [-0.15, -0.1) is 24.0 Å². The van der Waals surface area contributed by atoms with Gasteiger partial charge < -0.3 is 20.1 Å². The molecule has 0 bridgehead atoms. The molecule has 7 heteroatoms. The number of rotatable bonds is 4. The summed E-state index contributed by atoms with van der Waals surface area (Å²) in [7, 11) is 1.89. The number of ether oxygens (including phenoxy) is 2. The maximum absolute atomic E-state index is 6.11. The Bertz CT molecular complexity index is 530. The third-order valence-electron chi connectivity index (χ3n) is 7.36. The molecule has 1 spiro atoms. The second-order valence-electron chi connectivity index (χ2n) is 9.14. The number of morpholine rings is 1. The van der Waals surface area contributed by atoms with Crippen LogP contribution < -0.4 is 10.6 Å². The summed E-state index contributed by atoms with van der Waals surface area (Å²) in [6, 6.07) is 0.523. The molecular weight excluding hydrogens is 455 g/mol. The predicted molar refractivity (Wildman–Crippen MR) is 119 cm³/mol. The molecule has 0 aromatic carbocycles. The zero-order valence-electron chi connectivity index (χ0n) is 17.1. The van der Waals surface area contributed by atoms with Crippen molar-refractivity contribution in [2.75, 3.05) is 46.5 Å². The van der Waals surface area contributed by atoms with Crippen LogP contribution in [-0.4, -0.2) is 75.0 Å². The summed E-state index contributed by atoms with van der Waals surface area (Å²) >= 11 is 0. The van der Waals surface area contributed by atoms with Crippen molar-refractivity contribution in [1.29, 1.82) is 0 Å². The Morgan fingerprint density at radius 2 is 1.89 bits per heavy atom. The molecule has 2 aliphatic carbocycles. The minimum Gasteiger partial charge on any atom is -0.379 e. The van der Waals surface area contributed by atoms with Crippen LogP contribution in [0.25, 0.3) is 0 Å². The summed E-state index contributed by atoms with van der Waals surface area (Å²) in [6.07, 6.45) is 7.00. The van der Waals surface area contributed by atoms with Gasteiger partial charge >= 0.3 is 0 Å². The fraction of sp³-hybridized carbons (Fsp3) is 0.950. The van der Waals surface area contributed by atoms with Crippen molar-refractivity contribution in [3.05, 3.63) is 0 Å². The molecule has 2 aliphatic heterocycles. The Kier molecular flexibility index (Phi) is 6.97. The first kappa shape index (κ1) is 21.6. The van der Waals surface area contributed by atoms with Crippen LogP contribution in [0.2, 0.25) is 0 Å². The van der Waals surface area contributed by atoms with Crippen LogP contribution in [0.3, 0.4) is 0 Å². The monoisotopic (exact) mass is 492 g/mol. The maximum Gasteiger partial charge on any atom is 0.191 e. The Morgan fingerprint density at radius 3 is 2.56 bits per heavy atom. The average Bonchev–Trinajstić information content (AvgIpc) is 3.31. The lowest BCUT2D eigenvalue weighted by Crippen LogP contribution is -2.69. The van der Waals surface area contributed by atoms with E-state index in [2.05, 4.69) is 34.4 Å². The van der Waals surface area contributed by atoms with Gasteiger partial charge in [0.15, 0.2) is 5.96 Å². The van der Waals surface area contributed by atoms with Crippen molar-refractivity contribution in [3.63, 3.8) is 0 Å². The van der Waals surface area contributed by atoms with Crippen LogP contribution in [-0.2, 0) is 9.47 Å². The lowest BCUT2D eigenvalue weighted by Gasteiger charge is -2.57. The van der Waals surface area contributed by atoms with E-state index in [0.717, 1.165) is 45.4 Å². The molecule has 2 saturated carbocycles. The maximum atomic E-state index is 6.11. The van der Waals surface area contributed by atoms with Crippen molar-refractivity contribution in [2.24, 2.45) is 16.3 Å². The van der Waals surface area contributed by atoms with Crippen molar-refractivity contribution in [3.8, 4) is 0 Å². The fourth-order valence-electron chi connectivity index (χ4n) is 5.83. The normalized spacial score (nSPS) is 33.3. The minimum atomic E-state index is 0. The highest BCUT2D eigenvalue weighted by atomic mass is 127. The largest absolute Gasteiger partial charge is 0.379 e. The van der Waals surface area contributed by atoms with E-state index in [1.165, 1.54) is 32.1 Å². The topological polar surface area (TPSA) is 58.1 Å².